The third-order valence-corrected chi connectivity index (χ3v) is 2.25. The van der Waals surface area contributed by atoms with Gasteiger partial charge in [-0.15, -0.1) is 0 Å². The second kappa shape index (κ2) is 5.77. The molecule has 0 bridgehead atoms. The van der Waals surface area contributed by atoms with Crippen molar-refractivity contribution in [1.82, 2.24) is 10.2 Å². The molecule has 0 saturated carbocycles. The Hall–Kier alpha value is -1.01. The van der Waals surface area contributed by atoms with Crippen LogP contribution in [0.1, 0.15) is 5.76 Å². The topological polar surface area (TPSA) is 65.7 Å². The lowest BCUT2D eigenvalue weighted by atomic mass is 10.4. The number of nitrogens with one attached hydrogen (secondary N) is 1. The summed E-state index contributed by atoms with van der Waals surface area (Å²) in [5.41, 5.74) is 0. The van der Waals surface area contributed by atoms with Gasteiger partial charge in [-0.25, -0.2) is 4.79 Å². The average molecular weight is 277 g/mol. The number of aliphatic hydroxyl groups is 1. The van der Waals surface area contributed by atoms with Gasteiger partial charge in [-0.2, -0.15) is 0 Å². The van der Waals surface area contributed by atoms with Crippen LogP contribution in [0.15, 0.2) is 21.2 Å². The van der Waals surface area contributed by atoms with Gasteiger partial charge < -0.3 is 19.7 Å². The zero-order valence-corrected chi connectivity index (χ0v) is 9.95. The fourth-order valence-corrected chi connectivity index (χ4v) is 1.34. The molecule has 0 unspecified atom stereocenters. The van der Waals surface area contributed by atoms with Gasteiger partial charge in [0.2, 0.25) is 0 Å². The number of nitrogens with zero attached hydrogens (tertiary/aromatic N) is 1. The monoisotopic (exact) mass is 276 g/mol. The van der Waals surface area contributed by atoms with Crippen LogP contribution < -0.4 is 5.32 Å². The maximum atomic E-state index is 11.4. The van der Waals surface area contributed by atoms with Crippen molar-refractivity contribution >= 4 is 22.0 Å². The number of aliphatic hydroxyl groups excluding tert-OH is 1. The Balaban J connectivity index is 2.34. The molecule has 1 heterocycles. The van der Waals surface area contributed by atoms with Crippen molar-refractivity contribution in [3.05, 3.63) is 22.6 Å². The Labute approximate surface area is 96.2 Å². The molecule has 1 rings (SSSR count). The molecular formula is C9H13BrN2O3. The predicted octanol–water partition coefficient (Wildman–Crippen LogP) is 1.18. The molecule has 0 fully saturated rings. The Morgan fingerprint density at radius 3 is 2.93 bits per heavy atom. The van der Waals surface area contributed by atoms with E-state index >= 15 is 0 Å². The molecule has 0 radical (unpaired) electrons. The highest BCUT2D eigenvalue weighted by molar-refractivity contribution is 9.10. The summed E-state index contributed by atoms with van der Waals surface area (Å²) < 4.78 is 5.84. The number of furan rings is 1. The van der Waals surface area contributed by atoms with E-state index in [-0.39, 0.29) is 12.6 Å². The van der Waals surface area contributed by atoms with Gasteiger partial charge in [0, 0.05) is 13.6 Å². The third kappa shape index (κ3) is 3.93. The fraction of sp³-hybridized carbons (Fsp3) is 0.444. The molecule has 0 aromatic carbocycles. The lowest BCUT2D eigenvalue weighted by molar-refractivity contribution is 0.189. The van der Waals surface area contributed by atoms with E-state index in [1.807, 2.05) is 0 Å². The Morgan fingerprint density at radius 2 is 2.40 bits per heavy atom. The molecule has 84 valence electrons. The lowest BCUT2D eigenvalue weighted by Crippen LogP contribution is -2.38. The molecule has 1 aromatic heterocycles. The number of halogens is 1. The maximum absolute atomic E-state index is 11.4. The van der Waals surface area contributed by atoms with Crippen molar-refractivity contribution in [3.63, 3.8) is 0 Å². The van der Waals surface area contributed by atoms with Crippen molar-refractivity contribution in [1.29, 1.82) is 0 Å². The summed E-state index contributed by atoms with van der Waals surface area (Å²) >= 11 is 3.17. The number of likely N-dealkylation sites (N-methyl/N-ethyl adjacent to an activating group) is 1. The van der Waals surface area contributed by atoms with Crippen molar-refractivity contribution in [2.45, 2.75) is 6.54 Å². The van der Waals surface area contributed by atoms with Crippen LogP contribution >= 0.6 is 15.9 Å². The summed E-state index contributed by atoms with van der Waals surface area (Å²) in [5.74, 6) is 0.674. The van der Waals surface area contributed by atoms with Crippen LogP contribution in [0.4, 0.5) is 4.79 Å². The largest absolute Gasteiger partial charge is 0.452 e. The van der Waals surface area contributed by atoms with E-state index in [0.29, 0.717) is 23.5 Å². The molecule has 0 saturated heterocycles. The Bertz CT molecular complexity index is 327. The molecule has 2 amide bonds. The van der Waals surface area contributed by atoms with E-state index in [9.17, 15) is 4.79 Å². The minimum absolute atomic E-state index is 0.0454. The van der Waals surface area contributed by atoms with E-state index in [1.165, 1.54) is 4.90 Å². The quantitative estimate of drug-likeness (QED) is 0.868. The van der Waals surface area contributed by atoms with Gasteiger partial charge in [-0.3, -0.25) is 0 Å². The highest BCUT2D eigenvalue weighted by Crippen LogP contribution is 2.13. The number of carbonyl (C=O) groups is 1. The minimum atomic E-state index is -0.239. The van der Waals surface area contributed by atoms with Gasteiger partial charge in [0.25, 0.3) is 0 Å². The molecule has 0 aliphatic rings. The zero-order chi connectivity index (χ0) is 11.3. The van der Waals surface area contributed by atoms with E-state index in [2.05, 4.69) is 21.2 Å². The summed E-state index contributed by atoms with van der Waals surface area (Å²) in [5, 5.41) is 11.3. The highest BCUT2D eigenvalue weighted by atomic mass is 79.9. The molecule has 15 heavy (non-hydrogen) atoms. The summed E-state index contributed by atoms with van der Waals surface area (Å²) in [6.45, 7) is 0.601. The van der Waals surface area contributed by atoms with Gasteiger partial charge in [-0.1, -0.05) is 0 Å². The highest BCUT2D eigenvalue weighted by Gasteiger charge is 2.07. The number of rotatable bonds is 4. The average Bonchev–Trinajstić information content (AvgIpc) is 2.61. The van der Waals surface area contributed by atoms with Crippen LogP contribution in [0.5, 0.6) is 0 Å². The lowest BCUT2D eigenvalue weighted by Gasteiger charge is -2.15. The molecule has 0 atom stereocenters. The SMILES string of the molecule is CN(CCO)C(=O)NCc1ccc(Br)o1. The van der Waals surface area contributed by atoms with E-state index in [0.717, 1.165) is 0 Å². The summed E-state index contributed by atoms with van der Waals surface area (Å²) in [6.07, 6.45) is 0. The molecule has 1 aromatic rings. The maximum Gasteiger partial charge on any atom is 0.317 e. The number of hydrogen-bond donors (Lipinski definition) is 2. The molecular weight excluding hydrogens is 264 g/mol. The normalized spacial score (nSPS) is 10.1. The van der Waals surface area contributed by atoms with Gasteiger partial charge in [0.05, 0.1) is 13.2 Å². The van der Waals surface area contributed by atoms with Crippen molar-refractivity contribution in [3.8, 4) is 0 Å². The minimum Gasteiger partial charge on any atom is -0.452 e. The molecule has 6 heteroatoms. The Morgan fingerprint density at radius 1 is 1.67 bits per heavy atom. The first-order valence-electron chi connectivity index (χ1n) is 4.47. The van der Waals surface area contributed by atoms with Crippen LogP contribution in [-0.4, -0.2) is 36.2 Å². The standard InChI is InChI=1S/C9H13BrN2O3/c1-12(4-5-13)9(14)11-6-7-2-3-8(10)15-7/h2-3,13H,4-6H2,1H3,(H,11,14). The molecule has 2 N–H and O–H groups in total. The van der Waals surface area contributed by atoms with Crippen LogP contribution in [0.3, 0.4) is 0 Å². The molecule has 0 aliphatic carbocycles. The van der Waals surface area contributed by atoms with Crippen LogP contribution in [0.25, 0.3) is 0 Å². The first-order valence-corrected chi connectivity index (χ1v) is 5.27. The van der Waals surface area contributed by atoms with Gasteiger partial charge in [0.15, 0.2) is 4.67 Å². The van der Waals surface area contributed by atoms with Crippen LogP contribution in [-0.2, 0) is 6.54 Å². The van der Waals surface area contributed by atoms with Crippen LogP contribution in [0, 0.1) is 0 Å². The second-order valence-electron chi connectivity index (χ2n) is 3.01. The second-order valence-corrected chi connectivity index (χ2v) is 3.79. The first kappa shape index (κ1) is 12.1. The molecule has 5 nitrogen and oxygen atoms in total. The van der Waals surface area contributed by atoms with E-state index < -0.39 is 0 Å². The van der Waals surface area contributed by atoms with Gasteiger partial charge >= 0.3 is 6.03 Å². The van der Waals surface area contributed by atoms with Crippen molar-refractivity contribution < 1.29 is 14.3 Å². The van der Waals surface area contributed by atoms with Crippen molar-refractivity contribution in [2.75, 3.05) is 20.2 Å². The summed E-state index contributed by atoms with van der Waals surface area (Å²) in [4.78, 5) is 12.8. The third-order valence-electron chi connectivity index (χ3n) is 1.82. The molecule has 0 aliphatic heterocycles. The number of urea groups is 1. The van der Waals surface area contributed by atoms with Crippen molar-refractivity contribution in [2.24, 2.45) is 0 Å². The zero-order valence-electron chi connectivity index (χ0n) is 8.36. The Kier molecular flexibility index (Phi) is 4.64. The van der Waals surface area contributed by atoms with Gasteiger partial charge in [-0.05, 0) is 28.1 Å². The van der Waals surface area contributed by atoms with Gasteiger partial charge in [0.1, 0.15) is 5.76 Å². The van der Waals surface area contributed by atoms with E-state index in [4.69, 9.17) is 9.52 Å². The smallest absolute Gasteiger partial charge is 0.317 e. The summed E-state index contributed by atoms with van der Waals surface area (Å²) in [6, 6.07) is 3.30. The first-order chi connectivity index (χ1) is 7.13. The van der Waals surface area contributed by atoms with E-state index in [1.54, 1.807) is 19.2 Å². The number of carbonyl (C=O) groups excluding carboxylic acids is 1. The summed E-state index contributed by atoms with van der Waals surface area (Å²) in [7, 11) is 1.61. The fourth-order valence-electron chi connectivity index (χ4n) is 0.996. The predicted molar refractivity (Wildman–Crippen MR) is 58.4 cm³/mol. The number of amides is 2. The van der Waals surface area contributed by atoms with Crippen LogP contribution in [0.2, 0.25) is 0 Å². The number of hydrogen-bond acceptors (Lipinski definition) is 3. The molecule has 0 spiro atoms.